The lowest BCUT2D eigenvalue weighted by molar-refractivity contribution is -0.167. The molecule has 0 N–H and O–H groups in total. The molecule has 8 heteroatoms. The van der Waals surface area contributed by atoms with Gasteiger partial charge in [-0.2, -0.15) is 0 Å². The van der Waals surface area contributed by atoms with E-state index in [-0.39, 0.29) is 31.4 Å². The van der Waals surface area contributed by atoms with Gasteiger partial charge in [0.2, 0.25) is 0 Å². The van der Waals surface area contributed by atoms with E-state index in [2.05, 4.69) is 46.9 Å². The number of carbonyl (C=O) groups is 3. The first-order chi connectivity index (χ1) is 19.6. The van der Waals surface area contributed by atoms with Gasteiger partial charge in [-0.3, -0.25) is 19.3 Å². The highest BCUT2D eigenvalue weighted by atomic mass is 127. The predicted molar refractivity (Wildman–Crippen MR) is 165 cm³/mol. The van der Waals surface area contributed by atoms with Gasteiger partial charge in [0, 0.05) is 10.1 Å². The minimum atomic E-state index is -0.707. The average Bonchev–Trinajstić information content (AvgIpc) is 3.19. The van der Waals surface area contributed by atoms with Crippen LogP contribution >= 0.6 is 22.6 Å². The maximum atomic E-state index is 13.6. The maximum absolute atomic E-state index is 13.6. The number of fused-ring (bicyclic) bond motifs is 1. The molecule has 0 aliphatic carbocycles. The maximum Gasteiger partial charge on any atom is 0.312 e. The first kappa shape index (κ1) is 30.7. The van der Waals surface area contributed by atoms with Crippen molar-refractivity contribution in [1.82, 2.24) is 4.90 Å². The number of methoxy groups -OCH3 is 1. The van der Waals surface area contributed by atoms with E-state index in [0.717, 1.165) is 20.4 Å². The Balaban J connectivity index is 1.57. The number of carbonyl (C=O) groups excluding carboxylic acids is 3. The lowest BCUT2D eigenvalue weighted by atomic mass is 9.92. The molecule has 0 saturated heterocycles. The number of hydrogen-bond acceptors (Lipinski definition) is 6. The van der Waals surface area contributed by atoms with E-state index in [1.54, 1.807) is 31.4 Å². The number of benzene rings is 3. The molecule has 216 valence electrons. The first-order valence-electron chi connectivity index (χ1n) is 13.7. The lowest BCUT2D eigenvalue weighted by Crippen LogP contribution is -2.40. The summed E-state index contributed by atoms with van der Waals surface area (Å²) in [6.45, 7) is 5.84. The fourth-order valence-electron chi connectivity index (χ4n) is 4.83. The lowest BCUT2D eigenvalue weighted by Gasteiger charge is -2.30. The van der Waals surface area contributed by atoms with Gasteiger partial charge in [-0.1, -0.05) is 36.4 Å². The normalized spacial score (nSPS) is 14.5. The topological polar surface area (TPSA) is 82.1 Å². The van der Waals surface area contributed by atoms with Crippen molar-refractivity contribution in [2.45, 2.75) is 58.3 Å². The molecule has 3 aromatic rings. The molecule has 1 heterocycles. The van der Waals surface area contributed by atoms with E-state index in [1.807, 2.05) is 45.0 Å². The van der Waals surface area contributed by atoms with Crippen molar-refractivity contribution in [2.75, 3.05) is 13.7 Å². The zero-order valence-corrected chi connectivity index (χ0v) is 26.1. The van der Waals surface area contributed by atoms with Crippen molar-refractivity contribution in [3.8, 4) is 5.75 Å². The fourth-order valence-corrected chi connectivity index (χ4v) is 5.19. The van der Waals surface area contributed by atoms with Gasteiger partial charge in [-0.05, 0) is 110 Å². The van der Waals surface area contributed by atoms with Crippen LogP contribution in [0.15, 0.2) is 72.8 Å². The Morgan fingerprint density at radius 3 is 2.00 bits per heavy atom. The van der Waals surface area contributed by atoms with E-state index in [4.69, 9.17) is 14.2 Å². The van der Waals surface area contributed by atoms with Crippen molar-refractivity contribution in [1.29, 1.82) is 0 Å². The zero-order chi connectivity index (χ0) is 29.6. The molecule has 0 fully saturated rings. The summed E-state index contributed by atoms with van der Waals surface area (Å²) in [5.74, 6) is -1.04. The number of amides is 2. The molecule has 4 rings (SSSR count). The van der Waals surface area contributed by atoms with Crippen LogP contribution in [-0.2, 0) is 27.3 Å². The number of rotatable bonds is 12. The average molecular weight is 670 g/mol. The minimum Gasteiger partial charge on any atom is -0.497 e. The molecular weight excluding hydrogens is 633 g/mol. The SMILES string of the molecule is COc1ccc(COC(CCc2ccc(I)cc2)C(CCN2C(=O)c3ccccc3C2=O)C(=O)OC(C)(C)C)cc1. The van der Waals surface area contributed by atoms with Gasteiger partial charge in [0.15, 0.2) is 0 Å². The fraction of sp³-hybridized carbons (Fsp3) is 0.364. The van der Waals surface area contributed by atoms with Crippen molar-refractivity contribution in [3.63, 3.8) is 0 Å². The van der Waals surface area contributed by atoms with E-state index in [0.29, 0.717) is 24.0 Å². The largest absolute Gasteiger partial charge is 0.497 e. The summed E-state index contributed by atoms with van der Waals surface area (Å²) in [6.07, 6.45) is 0.959. The van der Waals surface area contributed by atoms with Crippen LogP contribution in [0.4, 0.5) is 0 Å². The third-order valence-electron chi connectivity index (χ3n) is 6.95. The third-order valence-corrected chi connectivity index (χ3v) is 7.67. The molecular formula is C33H36INO6. The van der Waals surface area contributed by atoms with Crippen LogP contribution in [0.25, 0.3) is 0 Å². The quantitative estimate of drug-likeness (QED) is 0.125. The Kier molecular flexibility index (Phi) is 10.2. The highest BCUT2D eigenvalue weighted by Gasteiger charge is 2.38. The molecule has 0 saturated carbocycles. The van der Waals surface area contributed by atoms with Crippen molar-refractivity contribution < 1.29 is 28.6 Å². The Morgan fingerprint density at radius 1 is 0.854 bits per heavy atom. The van der Waals surface area contributed by atoms with Crippen LogP contribution in [0.1, 0.15) is 65.5 Å². The Labute approximate surface area is 255 Å². The number of ether oxygens (including phenoxy) is 3. The van der Waals surface area contributed by atoms with E-state index in [1.165, 1.54) is 4.90 Å². The summed E-state index contributed by atoms with van der Waals surface area (Å²) in [5, 5.41) is 0. The predicted octanol–water partition coefficient (Wildman–Crippen LogP) is 6.46. The number of aryl methyl sites for hydroxylation is 1. The summed E-state index contributed by atoms with van der Waals surface area (Å²) in [5.41, 5.74) is 2.14. The minimum absolute atomic E-state index is 0.0855. The second kappa shape index (κ2) is 13.6. The second-order valence-corrected chi connectivity index (χ2v) is 12.3. The van der Waals surface area contributed by atoms with Gasteiger partial charge < -0.3 is 14.2 Å². The molecule has 2 unspecified atom stereocenters. The van der Waals surface area contributed by atoms with Gasteiger partial charge in [0.25, 0.3) is 11.8 Å². The van der Waals surface area contributed by atoms with E-state index >= 15 is 0 Å². The molecule has 1 aliphatic heterocycles. The molecule has 41 heavy (non-hydrogen) atoms. The van der Waals surface area contributed by atoms with Crippen LogP contribution in [0.3, 0.4) is 0 Å². The number of nitrogens with zero attached hydrogens (tertiary/aromatic N) is 1. The van der Waals surface area contributed by atoms with Gasteiger partial charge in [0.1, 0.15) is 11.4 Å². The van der Waals surface area contributed by atoms with Crippen LogP contribution in [-0.4, -0.2) is 48.0 Å². The third kappa shape index (κ3) is 8.16. The van der Waals surface area contributed by atoms with Crippen molar-refractivity contribution in [2.24, 2.45) is 5.92 Å². The summed E-state index contributed by atoms with van der Waals surface area (Å²) in [4.78, 5) is 40.9. The smallest absolute Gasteiger partial charge is 0.312 e. The second-order valence-electron chi connectivity index (χ2n) is 11.1. The van der Waals surface area contributed by atoms with Gasteiger partial charge in [-0.25, -0.2) is 0 Å². The van der Waals surface area contributed by atoms with E-state index in [9.17, 15) is 14.4 Å². The molecule has 3 aromatic carbocycles. The first-order valence-corrected chi connectivity index (χ1v) is 14.8. The molecule has 2 atom stereocenters. The van der Waals surface area contributed by atoms with Gasteiger partial charge in [0.05, 0.1) is 36.9 Å². The molecule has 0 bridgehead atoms. The van der Waals surface area contributed by atoms with Crippen LogP contribution in [0, 0.1) is 9.49 Å². The van der Waals surface area contributed by atoms with Gasteiger partial charge >= 0.3 is 5.97 Å². The molecule has 2 amide bonds. The summed E-state index contributed by atoms with van der Waals surface area (Å²) < 4.78 is 18.7. The van der Waals surface area contributed by atoms with Crippen molar-refractivity contribution >= 4 is 40.4 Å². The highest BCUT2D eigenvalue weighted by Crippen LogP contribution is 2.28. The summed E-state index contributed by atoms with van der Waals surface area (Å²) in [7, 11) is 1.62. The number of esters is 1. The number of halogens is 1. The standard InChI is InChI=1S/C33H36INO6/c1-33(2,3)41-32(38)28(19-20-35-30(36)26-7-5-6-8-27(26)31(35)37)29(18-13-22-9-14-24(34)15-10-22)40-21-23-11-16-25(39-4)17-12-23/h5-12,14-17,28-29H,13,18-21H2,1-4H3. The Hall–Kier alpha value is -3.24. The summed E-state index contributed by atoms with van der Waals surface area (Å²) in [6, 6.07) is 22.6. The van der Waals surface area contributed by atoms with Gasteiger partial charge in [-0.15, -0.1) is 0 Å². The molecule has 7 nitrogen and oxygen atoms in total. The molecule has 0 aromatic heterocycles. The molecule has 0 spiro atoms. The van der Waals surface area contributed by atoms with Crippen molar-refractivity contribution in [3.05, 3.63) is 98.6 Å². The Morgan fingerprint density at radius 2 is 1.44 bits per heavy atom. The molecule has 1 aliphatic rings. The van der Waals surface area contributed by atoms with Crippen LogP contribution in [0.5, 0.6) is 5.75 Å². The van der Waals surface area contributed by atoms with Crippen LogP contribution < -0.4 is 4.74 Å². The monoisotopic (exact) mass is 669 g/mol. The molecule has 0 radical (unpaired) electrons. The number of imide groups is 1. The highest BCUT2D eigenvalue weighted by molar-refractivity contribution is 14.1. The van der Waals surface area contributed by atoms with Crippen LogP contribution in [0.2, 0.25) is 0 Å². The summed E-state index contributed by atoms with van der Waals surface area (Å²) >= 11 is 2.27. The Bertz CT molecular complexity index is 1330. The number of hydrogen-bond donors (Lipinski definition) is 0. The zero-order valence-electron chi connectivity index (χ0n) is 23.9. The van der Waals surface area contributed by atoms with E-state index < -0.39 is 23.6 Å².